The number of benzene rings is 1. The van der Waals surface area contributed by atoms with Crippen molar-refractivity contribution in [3.63, 3.8) is 0 Å². The SMILES string of the molecule is CC1CN(Cc2ccc(C(N)=S)cc2)CCN1C. The summed E-state index contributed by atoms with van der Waals surface area (Å²) < 4.78 is 0. The molecule has 0 radical (unpaired) electrons. The summed E-state index contributed by atoms with van der Waals surface area (Å²) in [4.78, 5) is 5.38. The fourth-order valence-corrected chi connectivity index (χ4v) is 2.44. The van der Waals surface area contributed by atoms with Gasteiger partial charge in [0, 0.05) is 37.8 Å². The van der Waals surface area contributed by atoms with Crippen LogP contribution in [0.5, 0.6) is 0 Å². The zero-order chi connectivity index (χ0) is 13.1. The molecule has 0 aromatic heterocycles. The molecule has 0 aliphatic carbocycles. The van der Waals surface area contributed by atoms with Crippen molar-refractivity contribution in [2.24, 2.45) is 5.73 Å². The lowest BCUT2D eigenvalue weighted by Crippen LogP contribution is -2.49. The molecular formula is C14H21N3S. The Morgan fingerprint density at radius 2 is 2.00 bits per heavy atom. The zero-order valence-electron chi connectivity index (χ0n) is 11.1. The summed E-state index contributed by atoms with van der Waals surface area (Å²) in [6, 6.07) is 8.90. The van der Waals surface area contributed by atoms with Crippen LogP contribution in [-0.2, 0) is 6.54 Å². The fourth-order valence-electron chi connectivity index (χ4n) is 2.30. The molecule has 98 valence electrons. The van der Waals surface area contributed by atoms with Crippen LogP contribution in [-0.4, -0.2) is 47.5 Å². The standard InChI is InChI=1S/C14H21N3S/c1-11-9-17(8-7-16(11)2)10-12-3-5-13(6-4-12)14(15)18/h3-6,11H,7-10H2,1-2H3,(H2,15,18). The number of likely N-dealkylation sites (N-methyl/N-ethyl adjacent to an activating group) is 1. The van der Waals surface area contributed by atoms with E-state index in [0.717, 1.165) is 31.7 Å². The van der Waals surface area contributed by atoms with E-state index in [9.17, 15) is 0 Å². The molecule has 1 aliphatic heterocycles. The summed E-state index contributed by atoms with van der Waals surface area (Å²) in [6.45, 7) is 6.70. The zero-order valence-corrected chi connectivity index (χ0v) is 11.9. The summed E-state index contributed by atoms with van der Waals surface area (Å²) in [5.41, 5.74) is 7.87. The monoisotopic (exact) mass is 263 g/mol. The molecule has 1 heterocycles. The maximum atomic E-state index is 5.60. The van der Waals surface area contributed by atoms with Crippen molar-refractivity contribution in [2.75, 3.05) is 26.7 Å². The fraction of sp³-hybridized carbons (Fsp3) is 0.500. The molecule has 18 heavy (non-hydrogen) atoms. The number of hydrogen-bond donors (Lipinski definition) is 1. The average molecular weight is 263 g/mol. The second kappa shape index (κ2) is 5.78. The van der Waals surface area contributed by atoms with Gasteiger partial charge in [0.1, 0.15) is 4.99 Å². The Hall–Kier alpha value is -0.970. The van der Waals surface area contributed by atoms with E-state index in [2.05, 4.69) is 35.9 Å². The van der Waals surface area contributed by atoms with Gasteiger partial charge >= 0.3 is 0 Å². The van der Waals surface area contributed by atoms with Crippen molar-refractivity contribution in [2.45, 2.75) is 19.5 Å². The van der Waals surface area contributed by atoms with Crippen LogP contribution < -0.4 is 5.73 Å². The normalized spacial score (nSPS) is 22.0. The van der Waals surface area contributed by atoms with Crippen LogP contribution >= 0.6 is 12.2 Å². The number of hydrogen-bond acceptors (Lipinski definition) is 3. The summed E-state index contributed by atoms with van der Waals surface area (Å²) in [5, 5.41) is 0. The van der Waals surface area contributed by atoms with Crippen molar-refractivity contribution in [3.8, 4) is 0 Å². The van der Waals surface area contributed by atoms with Crippen LogP contribution in [0.25, 0.3) is 0 Å². The summed E-state index contributed by atoms with van der Waals surface area (Å²) in [7, 11) is 2.19. The molecule has 1 aromatic rings. The van der Waals surface area contributed by atoms with Crippen LogP contribution in [0, 0.1) is 0 Å². The van der Waals surface area contributed by atoms with Gasteiger partial charge in [-0.1, -0.05) is 36.5 Å². The van der Waals surface area contributed by atoms with Crippen molar-refractivity contribution in [3.05, 3.63) is 35.4 Å². The Morgan fingerprint density at radius 1 is 1.33 bits per heavy atom. The smallest absolute Gasteiger partial charge is 0.103 e. The van der Waals surface area contributed by atoms with Crippen LogP contribution in [0.2, 0.25) is 0 Å². The van der Waals surface area contributed by atoms with Crippen molar-refractivity contribution >= 4 is 17.2 Å². The quantitative estimate of drug-likeness (QED) is 0.837. The average Bonchev–Trinajstić information content (AvgIpc) is 2.34. The highest BCUT2D eigenvalue weighted by atomic mass is 32.1. The van der Waals surface area contributed by atoms with Gasteiger partial charge in [-0.2, -0.15) is 0 Å². The van der Waals surface area contributed by atoms with Crippen LogP contribution in [0.15, 0.2) is 24.3 Å². The van der Waals surface area contributed by atoms with Gasteiger partial charge in [0.2, 0.25) is 0 Å². The molecule has 1 atom stereocenters. The molecule has 1 aromatic carbocycles. The number of nitrogens with zero attached hydrogens (tertiary/aromatic N) is 2. The summed E-state index contributed by atoms with van der Waals surface area (Å²) >= 11 is 4.96. The molecule has 1 fully saturated rings. The largest absolute Gasteiger partial charge is 0.389 e. The Balaban J connectivity index is 1.95. The van der Waals surface area contributed by atoms with Crippen LogP contribution in [0.1, 0.15) is 18.1 Å². The van der Waals surface area contributed by atoms with Crippen LogP contribution in [0.4, 0.5) is 0 Å². The Morgan fingerprint density at radius 3 is 2.56 bits per heavy atom. The van der Waals surface area contributed by atoms with E-state index in [0.29, 0.717) is 11.0 Å². The van der Waals surface area contributed by atoms with Crippen molar-refractivity contribution in [1.29, 1.82) is 0 Å². The third-order valence-corrected chi connectivity index (χ3v) is 3.92. The first kappa shape index (κ1) is 13.5. The number of nitrogens with two attached hydrogens (primary N) is 1. The minimum absolute atomic E-state index is 0.467. The van der Waals surface area contributed by atoms with Gasteiger partial charge < -0.3 is 10.6 Å². The molecule has 0 saturated carbocycles. The lowest BCUT2D eigenvalue weighted by Gasteiger charge is -2.37. The highest BCUT2D eigenvalue weighted by molar-refractivity contribution is 7.80. The summed E-state index contributed by atoms with van der Waals surface area (Å²) in [5.74, 6) is 0. The van der Waals surface area contributed by atoms with Crippen molar-refractivity contribution in [1.82, 2.24) is 9.80 Å². The lowest BCUT2D eigenvalue weighted by atomic mass is 10.1. The maximum absolute atomic E-state index is 5.60. The predicted molar refractivity (Wildman–Crippen MR) is 79.7 cm³/mol. The van der Waals surface area contributed by atoms with E-state index in [1.54, 1.807) is 0 Å². The number of piperazine rings is 1. The van der Waals surface area contributed by atoms with E-state index in [1.165, 1.54) is 5.56 Å². The molecule has 2 N–H and O–H groups in total. The molecule has 0 bridgehead atoms. The topological polar surface area (TPSA) is 32.5 Å². The molecule has 0 spiro atoms. The molecule has 4 heteroatoms. The second-order valence-corrected chi connectivity index (χ2v) is 5.57. The third kappa shape index (κ3) is 3.28. The predicted octanol–water partition coefficient (Wildman–Crippen LogP) is 1.46. The van der Waals surface area contributed by atoms with E-state index < -0.39 is 0 Å². The lowest BCUT2D eigenvalue weighted by molar-refractivity contribution is 0.1000. The molecule has 1 unspecified atom stereocenters. The molecule has 1 aliphatic rings. The van der Waals surface area contributed by atoms with Gasteiger partial charge in [0.05, 0.1) is 0 Å². The minimum atomic E-state index is 0.467. The van der Waals surface area contributed by atoms with E-state index in [1.807, 2.05) is 12.1 Å². The Kier molecular flexibility index (Phi) is 4.32. The molecule has 0 amide bonds. The maximum Gasteiger partial charge on any atom is 0.103 e. The van der Waals surface area contributed by atoms with Gasteiger partial charge in [-0.25, -0.2) is 0 Å². The highest BCUT2D eigenvalue weighted by Crippen LogP contribution is 2.12. The van der Waals surface area contributed by atoms with E-state index in [4.69, 9.17) is 18.0 Å². The molecule has 3 nitrogen and oxygen atoms in total. The Labute approximate surface area is 115 Å². The second-order valence-electron chi connectivity index (χ2n) is 5.13. The van der Waals surface area contributed by atoms with E-state index in [-0.39, 0.29) is 0 Å². The van der Waals surface area contributed by atoms with Gasteiger partial charge in [-0.15, -0.1) is 0 Å². The number of rotatable bonds is 3. The highest BCUT2D eigenvalue weighted by Gasteiger charge is 2.20. The van der Waals surface area contributed by atoms with Gasteiger partial charge in [-0.3, -0.25) is 4.90 Å². The number of thiocarbonyl (C=S) groups is 1. The van der Waals surface area contributed by atoms with Crippen LogP contribution in [0.3, 0.4) is 0 Å². The minimum Gasteiger partial charge on any atom is -0.389 e. The first-order valence-electron chi connectivity index (χ1n) is 6.37. The first-order chi connectivity index (χ1) is 8.56. The van der Waals surface area contributed by atoms with Gasteiger partial charge in [0.15, 0.2) is 0 Å². The molecular weight excluding hydrogens is 242 g/mol. The van der Waals surface area contributed by atoms with Gasteiger partial charge in [-0.05, 0) is 19.5 Å². The van der Waals surface area contributed by atoms with Gasteiger partial charge in [0.25, 0.3) is 0 Å². The Bertz CT molecular complexity index is 416. The third-order valence-electron chi connectivity index (χ3n) is 3.69. The van der Waals surface area contributed by atoms with Crippen molar-refractivity contribution < 1.29 is 0 Å². The first-order valence-corrected chi connectivity index (χ1v) is 6.78. The summed E-state index contributed by atoms with van der Waals surface area (Å²) in [6.07, 6.45) is 0. The molecule has 2 rings (SSSR count). The molecule has 1 saturated heterocycles. The van der Waals surface area contributed by atoms with E-state index >= 15 is 0 Å².